The number of halogens is 2. The minimum Gasteiger partial charge on any atom is -0.359 e. The topological polar surface area (TPSA) is 63.4 Å². The Morgan fingerprint density at radius 2 is 2.11 bits per heavy atom. The molecule has 1 aliphatic heterocycles. The average Bonchev–Trinajstić information content (AvgIpc) is 2.97. The van der Waals surface area contributed by atoms with E-state index in [1.165, 1.54) is 18.3 Å². The maximum atomic E-state index is 13.8. The number of benzene rings is 1. The van der Waals surface area contributed by atoms with Gasteiger partial charge in [-0.25, -0.2) is 4.39 Å². The number of carbonyl (C=O) groups excluding carboxylic acids is 2. The fourth-order valence-corrected chi connectivity index (χ4v) is 2.22. The van der Waals surface area contributed by atoms with Gasteiger partial charge in [0.15, 0.2) is 5.76 Å². The van der Waals surface area contributed by atoms with Gasteiger partial charge >= 0.3 is 0 Å². The highest BCUT2D eigenvalue weighted by Crippen LogP contribution is 2.37. The van der Waals surface area contributed by atoms with Crippen molar-refractivity contribution in [3.05, 3.63) is 46.6 Å². The largest absolute Gasteiger partial charge is 0.359 e. The molecule has 0 radical (unpaired) electrons. The summed E-state index contributed by atoms with van der Waals surface area (Å²) in [5.74, 6) is -2.00. The Kier molecular flexibility index (Phi) is 2.60. The SMILES string of the molecule is O=C1C(=O)N(Cc2ccno2)c2c(F)ccc(Cl)c21. The van der Waals surface area contributed by atoms with Gasteiger partial charge in [-0.15, -0.1) is 0 Å². The van der Waals surface area contributed by atoms with Crippen molar-refractivity contribution in [3.63, 3.8) is 0 Å². The second kappa shape index (κ2) is 4.17. The molecule has 0 saturated heterocycles. The van der Waals surface area contributed by atoms with Crippen molar-refractivity contribution in [3.8, 4) is 0 Å². The summed E-state index contributed by atoms with van der Waals surface area (Å²) in [5.41, 5.74) is -0.218. The monoisotopic (exact) mass is 280 g/mol. The number of fused-ring (bicyclic) bond motifs is 1. The van der Waals surface area contributed by atoms with Crippen LogP contribution < -0.4 is 4.90 Å². The predicted octanol–water partition coefficient (Wildman–Crippen LogP) is 2.20. The molecule has 0 fully saturated rings. The van der Waals surface area contributed by atoms with Crippen molar-refractivity contribution in [2.75, 3.05) is 4.90 Å². The smallest absolute Gasteiger partial charge is 0.300 e. The van der Waals surface area contributed by atoms with E-state index in [1.54, 1.807) is 0 Å². The minimum absolute atomic E-state index is 0.0508. The summed E-state index contributed by atoms with van der Waals surface area (Å²) in [4.78, 5) is 24.7. The Morgan fingerprint density at radius 3 is 2.79 bits per heavy atom. The van der Waals surface area contributed by atoms with Gasteiger partial charge in [-0.05, 0) is 12.1 Å². The highest BCUT2D eigenvalue weighted by atomic mass is 35.5. The number of aromatic nitrogens is 1. The third-order valence-electron chi connectivity index (χ3n) is 2.82. The number of rotatable bonds is 2. The molecule has 0 spiro atoms. The van der Waals surface area contributed by atoms with E-state index < -0.39 is 17.5 Å². The minimum atomic E-state index is -0.835. The van der Waals surface area contributed by atoms with Gasteiger partial charge in [0.2, 0.25) is 0 Å². The molecule has 7 heteroatoms. The Bertz CT molecular complexity index is 685. The highest BCUT2D eigenvalue weighted by Gasteiger charge is 2.40. The lowest BCUT2D eigenvalue weighted by Crippen LogP contribution is -2.29. The maximum absolute atomic E-state index is 13.8. The van der Waals surface area contributed by atoms with Crippen LogP contribution in [-0.4, -0.2) is 16.8 Å². The zero-order valence-corrected chi connectivity index (χ0v) is 10.1. The Hall–Kier alpha value is -2.21. The lowest BCUT2D eigenvalue weighted by Gasteiger charge is -2.15. The molecule has 1 aromatic heterocycles. The van der Waals surface area contributed by atoms with Gasteiger partial charge in [0.05, 0.1) is 29.0 Å². The molecule has 0 bridgehead atoms. The molecule has 19 heavy (non-hydrogen) atoms. The van der Waals surface area contributed by atoms with E-state index in [4.69, 9.17) is 16.1 Å². The lowest BCUT2D eigenvalue weighted by atomic mass is 10.1. The van der Waals surface area contributed by atoms with Crippen LogP contribution >= 0.6 is 11.6 Å². The van der Waals surface area contributed by atoms with E-state index in [-0.39, 0.29) is 22.8 Å². The van der Waals surface area contributed by atoms with Crippen molar-refractivity contribution >= 4 is 29.0 Å². The number of ketones is 1. The van der Waals surface area contributed by atoms with Gasteiger partial charge in [-0.1, -0.05) is 16.8 Å². The predicted molar refractivity (Wildman–Crippen MR) is 63.4 cm³/mol. The second-order valence-corrected chi connectivity index (χ2v) is 4.36. The Labute approximate surface area is 111 Å². The molecular formula is C12H6ClFN2O3. The molecule has 1 aromatic carbocycles. The zero-order chi connectivity index (χ0) is 13.6. The van der Waals surface area contributed by atoms with Crippen LogP contribution in [-0.2, 0) is 11.3 Å². The number of carbonyl (C=O) groups is 2. The fourth-order valence-electron chi connectivity index (χ4n) is 1.98. The van der Waals surface area contributed by atoms with E-state index in [9.17, 15) is 14.0 Å². The van der Waals surface area contributed by atoms with Gasteiger partial charge in [-0.2, -0.15) is 0 Å². The summed E-state index contributed by atoms with van der Waals surface area (Å²) in [5, 5.41) is 3.54. The molecule has 96 valence electrons. The zero-order valence-electron chi connectivity index (χ0n) is 9.39. The first-order valence-electron chi connectivity index (χ1n) is 5.33. The number of anilines is 1. The summed E-state index contributed by atoms with van der Waals surface area (Å²) < 4.78 is 18.7. The van der Waals surface area contributed by atoms with Crippen molar-refractivity contribution in [1.29, 1.82) is 0 Å². The van der Waals surface area contributed by atoms with E-state index in [0.29, 0.717) is 5.76 Å². The maximum Gasteiger partial charge on any atom is 0.300 e. The molecule has 0 saturated carbocycles. The first kappa shape index (κ1) is 11.9. The van der Waals surface area contributed by atoms with Crippen LogP contribution in [0.1, 0.15) is 16.1 Å². The summed E-state index contributed by atoms with van der Waals surface area (Å²) in [6.07, 6.45) is 1.40. The Balaban J connectivity index is 2.12. The number of nitrogens with zero attached hydrogens (tertiary/aromatic N) is 2. The van der Waals surface area contributed by atoms with Crippen LogP contribution in [0, 0.1) is 5.82 Å². The molecule has 5 nitrogen and oxygen atoms in total. The van der Waals surface area contributed by atoms with Crippen molar-refractivity contribution in [2.24, 2.45) is 0 Å². The third-order valence-corrected chi connectivity index (χ3v) is 3.13. The van der Waals surface area contributed by atoms with Crippen LogP contribution in [0.25, 0.3) is 0 Å². The first-order valence-corrected chi connectivity index (χ1v) is 5.71. The van der Waals surface area contributed by atoms with Gasteiger partial charge in [0, 0.05) is 6.07 Å². The van der Waals surface area contributed by atoms with Gasteiger partial charge in [0.25, 0.3) is 11.7 Å². The van der Waals surface area contributed by atoms with Crippen molar-refractivity contribution in [1.82, 2.24) is 5.16 Å². The molecule has 0 atom stereocenters. The van der Waals surface area contributed by atoms with Gasteiger partial charge in [-0.3, -0.25) is 14.5 Å². The lowest BCUT2D eigenvalue weighted by molar-refractivity contribution is -0.114. The van der Waals surface area contributed by atoms with Gasteiger partial charge < -0.3 is 4.52 Å². The molecule has 2 heterocycles. The summed E-state index contributed by atoms with van der Waals surface area (Å²) >= 11 is 5.85. The normalized spacial score (nSPS) is 14.1. The van der Waals surface area contributed by atoms with Crippen LogP contribution in [0.3, 0.4) is 0 Å². The van der Waals surface area contributed by atoms with Crippen LogP contribution in [0.15, 0.2) is 28.9 Å². The molecule has 2 aromatic rings. The number of hydrogen-bond acceptors (Lipinski definition) is 4. The highest BCUT2D eigenvalue weighted by molar-refractivity contribution is 6.55. The number of hydrogen-bond donors (Lipinski definition) is 0. The number of Topliss-reactive ketones (excluding diaryl/α,β-unsaturated/α-hetero) is 1. The molecule has 1 amide bonds. The molecule has 0 unspecified atom stereocenters. The summed E-state index contributed by atoms with van der Waals surface area (Å²) in [6, 6.07) is 3.89. The molecule has 0 N–H and O–H groups in total. The summed E-state index contributed by atoms with van der Waals surface area (Å²) in [6.45, 7) is -0.0746. The molecule has 1 aliphatic rings. The van der Waals surface area contributed by atoms with Crippen LogP contribution in [0.4, 0.5) is 10.1 Å². The van der Waals surface area contributed by atoms with E-state index in [1.807, 2.05) is 0 Å². The van der Waals surface area contributed by atoms with Gasteiger partial charge in [0.1, 0.15) is 5.82 Å². The molecular weight excluding hydrogens is 275 g/mol. The molecule has 3 rings (SSSR count). The van der Waals surface area contributed by atoms with Crippen molar-refractivity contribution in [2.45, 2.75) is 6.54 Å². The quantitative estimate of drug-likeness (QED) is 0.791. The number of amides is 1. The van der Waals surface area contributed by atoms with Crippen LogP contribution in [0.2, 0.25) is 5.02 Å². The third kappa shape index (κ3) is 1.72. The summed E-state index contributed by atoms with van der Waals surface area (Å²) in [7, 11) is 0. The van der Waals surface area contributed by atoms with E-state index >= 15 is 0 Å². The van der Waals surface area contributed by atoms with Crippen molar-refractivity contribution < 1.29 is 18.5 Å². The average molecular weight is 281 g/mol. The van der Waals surface area contributed by atoms with E-state index in [0.717, 1.165) is 11.0 Å². The first-order chi connectivity index (χ1) is 9.09. The van der Waals surface area contributed by atoms with E-state index in [2.05, 4.69) is 5.16 Å². The van der Waals surface area contributed by atoms with Crippen LogP contribution in [0.5, 0.6) is 0 Å². The second-order valence-electron chi connectivity index (χ2n) is 3.95. The fraction of sp³-hybridized carbons (Fsp3) is 0.0833. The standard InChI is InChI=1S/C12H6ClFN2O3/c13-7-1-2-8(14)10-9(7)11(17)12(18)16(10)5-6-3-4-15-19-6/h1-4H,5H2. The molecule has 0 aliphatic carbocycles. The Morgan fingerprint density at radius 1 is 1.32 bits per heavy atom.